The minimum absolute atomic E-state index is 0.0118. The van der Waals surface area contributed by atoms with Gasteiger partial charge in [0.25, 0.3) is 0 Å². The minimum atomic E-state index is -1.04. The second-order valence-electron chi connectivity index (χ2n) is 57.2. The Hall–Kier alpha value is -10.1. The summed E-state index contributed by atoms with van der Waals surface area (Å²) < 4.78 is 7.21. The van der Waals surface area contributed by atoms with Gasteiger partial charge in [0.15, 0.2) is 0 Å². The molecule has 148 heavy (non-hydrogen) atoms. The van der Waals surface area contributed by atoms with Gasteiger partial charge in [0, 0.05) is 81.4 Å². The molecule has 18 rings (SSSR count). The van der Waals surface area contributed by atoms with Crippen LogP contribution in [0.4, 0.5) is 0 Å². The number of aliphatic carboxylic acids is 4. The van der Waals surface area contributed by atoms with E-state index in [1.165, 1.54) is 51.9 Å². The third-order valence-electron chi connectivity index (χ3n) is 39.4. The Morgan fingerprint density at radius 2 is 0.378 bits per heavy atom. The molecule has 27 unspecified atom stereocenters. The van der Waals surface area contributed by atoms with E-state index in [-0.39, 0.29) is 230 Å². The highest BCUT2D eigenvalue weighted by atomic mass is 16.4. The molecule has 27 atom stereocenters. The number of hydrogen-bond donors (Lipinski definition) is 5. The Labute approximate surface area is 862 Å². The first kappa shape index (κ1) is 108. The second-order valence-corrected chi connectivity index (χ2v) is 57.2. The first-order chi connectivity index (χ1) is 68.6. The highest BCUT2D eigenvalue weighted by Gasteiger charge is 2.63. The van der Waals surface area contributed by atoms with Crippen molar-refractivity contribution < 1.29 is 92.3 Å². The molecule has 812 valence electrons. The summed E-state index contributed by atoms with van der Waals surface area (Å²) in [7, 11) is 0. The highest BCUT2D eigenvalue weighted by Crippen LogP contribution is 2.61. The van der Waals surface area contributed by atoms with E-state index in [4.69, 9.17) is 0 Å². The number of nitrogens with zero attached hydrogens (tertiary/aromatic N) is 11. The molecule has 11 amide bonds. The van der Waals surface area contributed by atoms with Crippen LogP contribution < -0.4 is 39.5 Å². The number of aromatic nitrogens is 6. The van der Waals surface area contributed by atoms with Crippen LogP contribution >= 0.6 is 0 Å². The molecule has 5 aliphatic heterocycles. The normalized spacial score (nSPS) is 39.3. The van der Waals surface area contributed by atoms with Crippen molar-refractivity contribution in [3.8, 4) is 0 Å². The summed E-state index contributed by atoms with van der Waals surface area (Å²) in [6, 6.07) is -5.63. The summed E-state index contributed by atoms with van der Waals surface area (Å²) in [4.78, 5) is 316. The third kappa shape index (κ3) is 19.7. The molecule has 16 aliphatic rings. The monoisotopic (exact) mass is 2060 g/mol. The van der Waals surface area contributed by atoms with Gasteiger partial charge in [-0.2, -0.15) is 0 Å². The highest BCUT2D eigenvalue weighted by molar-refractivity contribution is 6.09. The molecule has 37 heteroatoms. The van der Waals surface area contributed by atoms with Gasteiger partial charge in [0.1, 0.15) is 0 Å². The quantitative estimate of drug-likeness (QED) is 0.0645. The molecule has 0 aromatic carbocycles. The van der Waals surface area contributed by atoms with Gasteiger partial charge in [0.2, 0.25) is 65.0 Å². The molecule has 16 fully saturated rings. The number of rotatable bonds is 23. The number of amides is 11. The molecule has 0 radical (unpaired) electrons. The van der Waals surface area contributed by atoms with Gasteiger partial charge >= 0.3 is 58.0 Å². The van der Waals surface area contributed by atoms with Crippen LogP contribution in [0.5, 0.6) is 0 Å². The van der Waals surface area contributed by atoms with E-state index in [1.807, 2.05) is 125 Å². The fourth-order valence-electron chi connectivity index (χ4n) is 35.9. The topological polar surface area (TPSA) is 497 Å². The van der Waals surface area contributed by atoms with Crippen molar-refractivity contribution in [1.82, 2.24) is 57.2 Å². The van der Waals surface area contributed by atoms with Crippen molar-refractivity contribution in [3.05, 3.63) is 62.9 Å². The first-order valence-electron chi connectivity index (χ1n) is 55.0. The summed E-state index contributed by atoms with van der Waals surface area (Å²) in [5, 5.41) is 43.4. The SMILES string of the molecule is CC1(C)CC(n2c(=O)n(C3CC(C)(C)CC(C)(CN4C(=O)C5CCC(C(=O)O)CC5C4=O)C3)c(=O)n(C3CC(C)(C)CC(C)(CN4C(=O)C5CCC(C(=O)O)CC5C4=O)C3)c2=O)CC(C)(CNC(=O)C2CCC3C(=O)N(CC4(C)CC(n5c(=O)n(C6CC(C)(C)CC(C)(CN7C(=O)C8CCC(C(=O)O)CC8C7=O)C6)c(=O)n(C6CC(C)(C)CC(C)(CN7C(=O)C8CCC(C(=O)O)CC8C7=O)C6)c5=O)CC(C)(C)C4)C(=O)C3C2)C1. The molecule has 0 bridgehead atoms. The molecule has 5 N–H and O–H groups in total. The van der Waals surface area contributed by atoms with Crippen LogP contribution in [0.25, 0.3) is 0 Å². The fraction of sp³-hybridized carbons (Fsp3) is 0.811. The predicted octanol–water partition coefficient (Wildman–Crippen LogP) is 11.4. The van der Waals surface area contributed by atoms with E-state index in [0.717, 1.165) is 0 Å². The number of carboxylic acids is 4. The van der Waals surface area contributed by atoms with Crippen molar-refractivity contribution in [2.24, 2.45) is 154 Å². The Bertz CT molecular complexity index is 6030. The lowest BCUT2D eigenvalue weighted by Gasteiger charge is -2.50. The summed E-state index contributed by atoms with van der Waals surface area (Å²) in [6.45, 7) is 35.1. The molecule has 5 saturated heterocycles. The molecule has 11 aliphatic carbocycles. The molecular weight excluding hydrogens is 1900 g/mol. The van der Waals surface area contributed by atoms with Crippen LogP contribution in [0.1, 0.15) is 373 Å². The van der Waals surface area contributed by atoms with Crippen LogP contribution in [0, 0.1) is 154 Å². The fourth-order valence-corrected chi connectivity index (χ4v) is 35.9. The third-order valence-corrected chi connectivity index (χ3v) is 39.4. The second kappa shape index (κ2) is 37.1. The van der Waals surface area contributed by atoms with E-state index in [9.17, 15) is 78.0 Å². The smallest absolute Gasteiger partial charge is 0.336 e. The van der Waals surface area contributed by atoms with Crippen LogP contribution in [0.3, 0.4) is 0 Å². The lowest BCUT2D eigenvalue weighted by atomic mass is 9.62. The zero-order valence-corrected chi connectivity index (χ0v) is 90.0. The Morgan fingerprint density at radius 1 is 0.223 bits per heavy atom. The largest absolute Gasteiger partial charge is 0.481 e. The Kier molecular flexibility index (Phi) is 27.0. The number of carbonyl (C=O) groups excluding carboxylic acids is 11. The lowest BCUT2D eigenvalue weighted by molar-refractivity contribution is -0.146. The number of fused-ring (bicyclic) bond motifs is 5. The molecule has 2 aromatic heterocycles. The van der Waals surface area contributed by atoms with Crippen LogP contribution in [0.15, 0.2) is 28.8 Å². The molecule has 2 aromatic rings. The lowest BCUT2D eigenvalue weighted by Crippen LogP contribution is -2.61. The average molecular weight is 2060 g/mol. The maximum absolute atomic E-state index is 16.5. The number of nitrogens with one attached hydrogen (secondary N) is 1. The molecule has 0 spiro atoms. The van der Waals surface area contributed by atoms with Gasteiger partial charge < -0.3 is 25.7 Å². The zero-order chi connectivity index (χ0) is 108. The van der Waals surface area contributed by atoms with Crippen LogP contribution in [-0.2, 0) is 71.9 Å². The van der Waals surface area contributed by atoms with E-state index in [2.05, 4.69) is 5.32 Å². The number of hydrogen-bond acceptors (Lipinski definition) is 21. The maximum atomic E-state index is 16.5. The average Bonchev–Trinajstić information content (AvgIpc) is 1.27. The predicted molar refractivity (Wildman–Crippen MR) is 536 cm³/mol. The van der Waals surface area contributed by atoms with Crippen LogP contribution in [0.2, 0.25) is 0 Å². The first-order valence-corrected chi connectivity index (χ1v) is 55.0. The van der Waals surface area contributed by atoms with Crippen molar-refractivity contribution in [3.63, 3.8) is 0 Å². The molecule has 37 nitrogen and oxygen atoms in total. The summed E-state index contributed by atoms with van der Waals surface area (Å²) in [5.74, 6) is -20.5. The standard InChI is InChI=1S/C111H158N12O25/c1-100(2)34-63(118-94(143)119(64-35-101(3,4)48-108(15,41-64)54-114-81(126)70-25-20-59(90(135)136)30-75(70)86(114)131)96(145)120(95(118)144)65-36-102(5,6)49-109(16,42-65)55-115-82(127)71-26-21-60(91(137)138)31-76(71)87(115)132)40-106(13,46-100)52-112-79(124)58-19-24-69-74(29-58)85(130)113(80(69)125)53-107(14)43-66(37-103(7,8)47-107)121-97(146)122(67-38-104(9,10)50-110(17,44-67)56-116-83(128)72-27-22-61(92(139)140)32-77(72)88(116)133)99(148)123(98(121)147)68-39-105(11,12)51-111(18,45-68)57-117-84(129)73-28-23-62(93(141)142)33-78(73)89(117)134/h58-78H,19-57H2,1-18H3,(H,112,124)(H,135,136)(H,137,138)(H,139,140)(H,141,142). The van der Waals surface area contributed by atoms with Gasteiger partial charge in [-0.3, -0.25) is 96.4 Å². The van der Waals surface area contributed by atoms with Gasteiger partial charge in [-0.15, -0.1) is 0 Å². The van der Waals surface area contributed by atoms with E-state index < -0.39 is 295 Å². The number of imide groups is 5. The Morgan fingerprint density at radius 3 is 0.561 bits per heavy atom. The minimum Gasteiger partial charge on any atom is -0.481 e. The van der Waals surface area contributed by atoms with Gasteiger partial charge in [0.05, 0.1) is 82.9 Å². The van der Waals surface area contributed by atoms with E-state index >= 15 is 43.2 Å². The van der Waals surface area contributed by atoms with E-state index in [0.29, 0.717) is 38.5 Å². The zero-order valence-electron chi connectivity index (χ0n) is 90.0. The van der Waals surface area contributed by atoms with E-state index in [1.54, 1.807) is 0 Å². The van der Waals surface area contributed by atoms with Gasteiger partial charge in [-0.25, -0.2) is 56.2 Å². The molecule has 11 saturated carbocycles. The van der Waals surface area contributed by atoms with Crippen molar-refractivity contribution in [1.29, 1.82) is 0 Å². The Balaban J connectivity index is 0.618. The number of likely N-dealkylation sites (tertiary alicyclic amines) is 5. The van der Waals surface area contributed by atoms with Gasteiger partial charge in [-0.05, 0) is 277 Å². The maximum Gasteiger partial charge on any atom is 0.336 e. The summed E-state index contributed by atoms with van der Waals surface area (Å²) >= 11 is 0. The van der Waals surface area contributed by atoms with Crippen molar-refractivity contribution in [2.75, 3.05) is 39.3 Å². The summed E-state index contributed by atoms with van der Waals surface area (Å²) in [6.07, 6.45) is 7.07. The summed E-state index contributed by atoms with van der Waals surface area (Å²) in [5.41, 5.74) is -15.0. The van der Waals surface area contributed by atoms with Crippen molar-refractivity contribution >= 4 is 88.9 Å². The number of carboxylic acid groups (broad SMARTS) is 4. The van der Waals surface area contributed by atoms with Crippen molar-refractivity contribution in [2.45, 2.75) is 373 Å². The van der Waals surface area contributed by atoms with Crippen LogP contribution in [-0.4, -0.2) is 200 Å². The number of carbonyl (C=O) groups is 15. The van der Waals surface area contributed by atoms with Gasteiger partial charge in [-0.1, -0.05) is 125 Å². The molecular formula is C111H158N12O25. The molecule has 7 heterocycles.